The molecule has 1 nitrogen and oxygen atoms in total. The van der Waals surface area contributed by atoms with E-state index in [0.29, 0.717) is 17.6 Å². The molecule has 1 N–H and O–H groups in total. The van der Waals surface area contributed by atoms with Crippen LogP contribution in [0.25, 0.3) is 0 Å². The molecule has 1 unspecified atom stereocenters. The predicted octanol–water partition coefficient (Wildman–Crippen LogP) is 4.51. The van der Waals surface area contributed by atoms with Crippen LogP contribution in [0.5, 0.6) is 0 Å². The summed E-state index contributed by atoms with van der Waals surface area (Å²) in [6.45, 7) is 4.91. The van der Waals surface area contributed by atoms with Gasteiger partial charge >= 0.3 is 0 Å². The lowest BCUT2D eigenvalue weighted by atomic mass is 10.0. The van der Waals surface area contributed by atoms with E-state index in [9.17, 15) is 4.39 Å². The van der Waals surface area contributed by atoms with E-state index < -0.39 is 0 Å². The molecule has 0 fully saturated rings. The largest absolute Gasteiger partial charge is 0.310 e. The highest BCUT2D eigenvalue weighted by atomic mass is 35.5. The minimum absolute atomic E-state index is 0.299. The molecular weight excluding hydrogens is 273 g/mol. The molecule has 0 bridgehead atoms. The van der Waals surface area contributed by atoms with Crippen molar-refractivity contribution < 1.29 is 4.39 Å². The van der Waals surface area contributed by atoms with Gasteiger partial charge in [0.15, 0.2) is 0 Å². The number of hydrogen-bond donors (Lipinski definition) is 1. The first kappa shape index (κ1) is 15.0. The van der Waals surface area contributed by atoms with Gasteiger partial charge in [-0.25, -0.2) is 4.39 Å². The molecule has 0 saturated carbocycles. The second-order valence-electron chi connectivity index (χ2n) is 5.15. The molecule has 3 heteroatoms. The fourth-order valence-electron chi connectivity index (χ4n) is 2.19. The molecule has 0 spiro atoms. The van der Waals surface area contributed by atoms with E-state index in [1.165, 1.54) is 23.3 Å². The van der Waals surface area contributed by atoms with Crippen molar-refractivity contribution in [2.75, 3.05) is 0 Å². The van der Waals surface area contributed by atoms with Crippen LogP contribution in [0.15, 0.2) is 42.5 Å². The van der Waals surface area contributed by atoms with E-state index >= 15 is 0 Å². The molecule has 2 rings (SSSR count). The van der Waals surface area contributed by atoms with E-state index in [2.05, 4.69) is 43.4 Å². The smallest absolute Gasteiger partial charge is 0.124 e. The summed E-state index contributed by atoms with van der Waals surface area (Å²) < 4.78 is 13.0. The van der Waals surface area contributed by atoms with Crippen molar-refractivity contribution in [2.45, 2.75) is 32.9 Å². The number of benzene rings is 2. The van der Waals surface area contributed by atoms with Crippen LogP contribution in [-0.2, 0) is 13.0 Å². The number of rotatable bonds is 5. The molecule has 20 heavy (non-hydrogen) atoms. The summed E-state index contributed by atoms with van der Waals surface area (Å²) in [5, 5.41) is 3.90. The highest BCUT2D eigenvalue weighted by molar-refractivity contribution is 6.31. The zero-order valence-electron chi connectivity index (χ0n) is 11.8. The molecule has 1 atom stereocenters. The number of hydrogen-bond acceptors (Lipinski definition) is 1. The van der Waals surface area contributed by atoms with Gasteiger partial charge in [0.25, 0.3) is 0 Å². The third kappa shape index (κ3) is 4.06. The maximum atomic E-state index is 13.0. The topological polar surface area (TPSA) is 12.0 Å². The summed E-state index contributed by atoms with van der Waals surface area (Å²) in [4.78, 5) is 0. The Labute approximate surface area is 124 Å². The first-order valence-corrected chi connectivity index (χ1v) is 7.16. The first-order chi connectivity index (χ1) is 9.56. The minimum Gasteiger partial charge on any atom is -0.310 e. The molecule has 2 aromatic carbocycles. The Morgan fingerprint density at radius 2 is 1.90 bits per heavy atom. The standard InChI is InChI=1S/C17H19ClFN/c1-12-5-3-4-6-14(12)9-13(2)20-11-15-7-8-16(19)10-17(15)18/h3-8,10,13,20H,9,11H2,1-2H3. The number of halogens is 2. The van der Waals surface area contributed by atoms with Gasteiger partial charge in [-0.2, -0.15) is 0 Å². The van der Waals surface area contributed by atoms with E-state index in [0.717, 1.165) is 12.0 Å². The Hall–Kier alpha value is -1.38. The van der Waals surface area contributed by atoms with Crippen molar-refractivity contribution in [1.82, 2.24) is 5.32 Å². The summed E-state index contributed by atoms with van der Waals surface area (Å²) in [5.74, 6) is -0.299. The maximum absolute atomic E-state index is 13.0. The monoisotopic (exact) mass is 291 g/mol. The average Bonchev–Trinajstić information content (AvgIpc) is 2.40. The van der Waals surface area contributed by atoms with Crippen molar-refractivity contribution in [1.29, 1.82) is 0 Å². The van der Waals surface area contributed by atoms with Crippen molar-refractivity contribution in [2.24, 2.45) is 0 Å². The van der Waals surface area contributed by atoms with E-state index in [1.807, 2.05) is 0 Å². The molecule has 0 aliphatic heterocycles. The second kappa shape index (κ2) is 6.87. The molecule has 106 valence electrons. The Bertz CT molecular complexity index is 583. The van der Waals surface area contributed by atoms with Gasteiger partial charge in [0.1, 0.15) is 5.82 Å². The number of aryl methyl sites for hydroxylation is 1. The van der Waals surface area contributed by atoms with Crippen LogP contribution >= 0.6 is 11.6 Å². The van der Waals surface area contributed by atoms with Crippen LogP contribution in [0.4, 0.5) is 4.39 Å². The third-order valence-electron chi connectivity index (χ3n) is 3.44. The summed E-state index contributed by atoms with van der Waals surface area (Å²) in [6.07, 6.45) is 0.964. The highest BCUT2D eigenvalue weighted by Gasteiger charge is 2.07. The molecule has 0 aliphatic rings. The predicted molar refractivity (Wildman–Crippen MR) is 82.6 cm³/mol. The van der Waals surface area contributed by atoms with Crippen molar-refractivity contribution in [3.8, 4) is 0 Å². The Morgan fingerprint density at radius 1 is 1.15 bits per heavy atom. The van der Waals surface area contributed by atoms with Crippen molar-refractivity contribution >= 4 is 11.6 Å². The average molecular weight is 292 g/mol. The van der Waals surface area contributed by atoms with Crippen LogP contribution < -0.4 is 5.32 Å². The van der Waals surface area contributed by atoms with Crippen LogP contribution in [0.3, 0.4) is 0 Å². The normalized spacial score (nSPS) is 12.4. The van der Waals surface area contributed by atoms with E-state index in [4.69, 9.17) is 11.6 Å². The first-order valence-electron chi connectivity index (χ1n) is 6.78. The van der Waals surface area contributed by atoms with Gasteiger partial charge in [0.05, 0.1) is 0 Å². The lowest BCUT2D eigenvalue weighted by molar-refractivity contribution is 0.543. The molecular formula is C17H19ClFN. The molecule has 0 saturated heterocycles. The lowest BCUT2D eigenvalue weighted by Gasteiger charge is -2.16. The Balaban J connectivity index is 1.92. The Morgan fingerprint density at radius 3 is 2.60 bits per heavy atom. The van der Waals surface area contributed by atoms with Gasteiger partial charge in [-0.15, -0.1) is 0 Å². The van der Waals surface area contributed by atoms with Gasteiger partial charge in [0, 0.05) is 17.6 Å². The van der Waals surface area contributed by atoms with Crippen molar-refractivity contribution in [3.05, 3.63) is 70.0 Å². The summed E-state index contributed by atoms with van der Waals surface area (Å²) in [6, 6.07) is 13.2. The maximum Gasteiger partial charge on any atom is 0.124 e. The summed E-state index contributed by atoms with van der Waals surface area (Å²) in [5.41, 5.74) is 3.57. The fraction of sp³-hybridized carbons (Fsp3) is 0.294. The fourth-order valence-corrected chi connectivity index (χ4v) is 2.42. The minimum atomic E-state index is -0.299. The lowest BCUT2D eigenvalue weighted by Crippen LogP contribution is -2.27. The zero-order chi connectivity index (χ0) is 14.5. The molecule has 0 aromatic heterocycles. The second-order valence-corrected chi connectivity index (χ2v) is 5.56. The molecule has 0 heterocycles. The number of nitrogens with one attached hydrogen (secondary N) is 1. The van der Waals surface area contributed by atoms with Crippen LogP contribution in [0, 0.1) is 12.7 Å². The summed E-state index contributed by atoms with van der Waals surface area (Å²) >= 11 is 6.02. The summed E-state index contributed by atoms with van der Waals surface area (Å²) in [7, 11) is 0. The molecule has 0 radical (unpaired) electrons. The Kier molecular flexibility index (Phi) is 5.16. The van der Waals surface area contributed by atoms with E-state index in [1.54, 1.807) is 6.07 Å². The SMILES string of the molecule is Cc1ccccc1CC(C)NCc1ccc(F)cc1Cl. The van der Waals surface area contributed by atoms with Crippen LogP contribution in [0.1, 0.15) is 23.6 Å². The van der Waals surface area contributed by atoms with Gasteiger partial charge in [-0.3, -0.25) is 0 Å². The molecule has 0 aliphatic carbocycles. The van der Waals surface area contributed by atoms with Crippen LogP contribution in [0.2, 0.25) is 5.02 Å². The van der Waals surface area contributed by atoms with Crippen LogP contribution in [-0.4, -0.2) is 6.04 Å². The van der Waals surface area contributed by atoms with E-state index in [-0.39, 0.29) is 5.82 Å². The van der Waals surface area contributed by atoms with Gasteiger partial charge in [-0.1, -0.05) is 41.9 Å². The molecule has 2 aromatic rings. The quantitative estimate of drug-likeness (QED) is 0.855. The molecule has 0 amide bonds. The third-order valence-corrected chi connectivity index (χ3v) is 3.80. The van der Waals surface area contributed by atoms with Gasteiger partial charge < -0.3 is 5.32 Å². The van der Waals surface area contributed by atoms with Gasteiger partial charge in [-0.05, 0) is 49.1 Å². The highest BCUT2D eigenvalue weighted by Crippen LogP contribution is 2.17. The zero-order valence-corrected chi connectivity index (χ0v) is 12.5. The van der Waals surface area contributed by atoms with Crippen molar-refractivity contribution in [3.63, 3.8) is 0 Å². The van der Waals surface area contributed by atoms with Gasteiger partial charge in [0.2, 0.25) is 0 Å².